The van der Waals surface area contributed by atoms with Crippen molar-refractivity contribution in [2.75, 3.05) is 0 Å². The molecule has 1 aromatic rings. The minimum absolute atomic E-state index is 0.919. The van der Waals surface area contributed by atoms with Crippen molar-refractivity contribution in [3.8, 4) is 11.5 Å². The Morgan fingerprint density at radius 1 is 0.909 bits per heavy atom. The molecule has 0 aromatic heterocycles. The number of fused-ring (bicyclic) bond motifs is 4. The Morgan fingerprint density at radius 3 is 1.64 bits per heavy atom. The average molecular weight is 166 g/mol. The van der Waals surface area contributed by atoms with Crippen LogP contribution in [0.3, 0.4) is 0 Å². The van der Waals surface area contributed by atoms with Gasteiger partial charge in [0, 0.05) is 13.1 Å². The minimum atomic E-state index is -1.90. The van der Waals surface area contributed by atoms with Gasteiger partial charge in [-0.3, -0.25) is 0 Å². The van der Waals surface area contributed by atoms with E-state index in [1.165, 1.54) is 0 Å². The van der Waals surface area contributed by atoms with Crippen LogP contribution in [0.1, 0.15) is 0 Å². The summed E-state index contributed by atoms with van der Waals surface area (Å²) in [6.45, 7) is 4.07. The van der Waals surface area contributed by atoms with Crippen LogP contribution in [0.4, 0.5) is 0 Å². The number of rotatable bonds is 0. The highest BCUT2D eigenvalue weighted by molar-refractivity contribution is 6.66. The van der Waals surface area contributed by atoms with E-state index in [0.29, 0.717) is 0 Å². The molecule has 2 aliphatic heterocycles. The lowest BCUT2D eigenvalue weighted by molar-refractivity contribution is 0.412. The van der Waals surface area contributed by atoms with Crippen molar-refractivity contribution in [3.05, 3.63) is 24.3 Å². The molecule has 0 atom stereocenters. The second-order valence-electron chi connectivity index (χ2n) is 3.08. The first-order valence-electron chi connectivity index (χ1n) is 3.64. The largest absolute Gasteiger partial charge is 0.512 e. The maximum absolute atomic E-state index is 5.63. The molecule has 58 valence electrons. The van der Waals surface area contributed by atoms with Crippen LogP contribution in [-0.4, -0.2) is 8.56 Å². The maximum Gasteiger partial charge on any atom is 0.454 e. The zero-order valence-corrected chi connectivity index (χ0v) is 7.63. The summed E-state index contributed by atoms with van der Waals surface area (Å²) in [5.41, 5.74) is 0. The zero-order chi connectivity index (χ0) is 7.90. The van der Waals surface area contributed by atoms with E-state index in [0.717, 1.165) is 11.5 Å². The summed E-state index contributed by atoms with van der Waals surface area (Å²) < 4.78 is 11.3. The van der Waals surface area contributed by atoms with Gasteiger partial charge in [-0.05, 0) is 24.3 Å². The summed E-state index contributed by atoms with van der Waals surface area (Å²) in [5.74, 6) is 1.84. The van der Waals surface area contributed by atoms with Gasteiger partial charge in [-0.2, -0.15) is 0 Å². The highest BCUT2D eigenvalue weighted by Gasteiger charge is 2.31. The SMILES string of the molecule is C[Si]1(C)Oc2ccc(cc2)O1. The summed E-state index contributed by atoms with van der Waals surface area (Å²) in [7, 11) is -1.90. The van der Waals surface area contributed by atoms with Crippen molar-refractivity contribution in [3.63, 3.8) is 0 Å². The molecule has 1 aromatic carbocycles. The molecule has 2 bridgehead atoms. The topological polar surface area (TPSA) is 18.5 Å². The van der Waals surface area contributed by atoms with E-state index >= 15 is 0 Å². The molecule has 2 aliphatic rings. The minimum Gasteiger partial charge on any atom is -0.512 e. The lowest BCUT2D eigenvalue weighted by Gasteiger charge is -2.20. The molecule has 0 amide bonds. The van der Waals surface area contributed by atoms with Crippen molar-refractivity contribution in [2.24, 2.45) is 0 Å². The number of benzene rings is 1. The maximum atomic E-state index is 5.63. The molecule has 3 heteroatoms. The fraction of sp³-hybridized carbons (Fsp3) is 0.250. The van der Waals surface area contributed by atoms with Gasteiger partial charge in [0.05, 0.1) is 0 Å². The third-order valence-electron chi connectivity index (χ3n) is 1.55. The molecule has 0 saturated heterocycles. The molecule has 0 fully saturated rings. The summed E-state index contributed by atoms with van der Waals surface area (Å²) in [4.78, 5) is 0. The van der Waals surface area contributed by atoms with Crippen molar-refractivity contribution < 1.29 is 8.85 Å². The molecule has 11 heavy (non-hydrogen) atoms. The molecule has 0 aliphatic carbocycles. The summed E-state index contributed by atoms with van der Waals surface area (Å²) in [6.07, 6.45) is 0. The van der Waals surface area contributed by atoms with Crippen LogP contribution in [0.25, 0.3) is 0 Å². The molecule has 2 nitrogen and oxygen atoms in total. The van der Waals surface area contributed by atoms with Gasteiger partial charge >= 0.3 is 8.56 Å². The fourth-order valence-corrected chi connectivity index (χ4v) is 2.61. The van der Waals surface area contributed by atoms with E-state index in [1.54, 1.807) is 0 Å². The Hall–Kier alpha value is -0.963. The Morgan fingerprint density at radius 2 is 1.27 bits per heavy atom. The normalized spacial score (nSPS) is 18.4. The first-order chi connectivity index (χ1) is 5.16. The molecular formula is C8H10O2Si. The van der Waals surface area contributed by atoms with Crippen LogP contribution < -0.4 is 8.85 Å². The molecule has 0 saturated carbocycles. The van der Waals surface area contributed by atoms with Gasteiger partial charge in [-0.1, -0.05) is 0 Å². The highest BCUT2D eigenvalue weighted by Crippen LogP contribution is 2.27. The Labute approximate surface area is 67.0 Å². The monoisotopic (exact) mass is 166 g/mol. The Bertz CT molecular complexity index is 239. The van der Waals surface area contributed by atoms with Crippen LogP contribution >= 0.6 is 0 Å². The van der Waals surface area contributed by atoms with Crippen molar-refractivity contribution in [1.82, 2.24) is 0 Å². The molecular weight excluding hydrogens is 156 g/mol. The fourth-order valence-electron chi connectivity index (χ4n) is 1.16. The van der Waals surface area contributed by atoms with Gasteiger partial charge in [0.25, 0.3) is 0 Å². The van der Waals surface area contributed by atoms with Crippen molar-refractivity contribution in [2.45, 2.75) is 13.1 Å². The average Bonchev–Trinajstić information content (AvgIpc) is 2.12. The summed E-state index contributed by atoms with van der Waals surface area (Å²) >= 11 is 0. The standard InChI is InChI=1S/C8H10O2Si/c1-11(2)9-7-3-4-8(10-11)6-5-7/h3-6H,1-2H3. The van der Waals surface area contributed by atoms with E-state index < -0.39 is 8.56 Å². The van der Waals surface area contributed by atoms with Gasteiger partial charge in [-0.25, -0.2) is 0 Å². The second kappa shape index (κ2) is 2.01. The van der Waals surface area contributed by atoms with E-state index in [1.807, 2.05) is 37.4 Å². The predicted molar refractivity (Wildman–Crippen MR) is 45.2 cm³/mol. The predicted octanol–water partition coefficient (Wildman–Crippen LogP) is 2.16. The van der Waals surface area contributed by atoms with Crippen LogP contribution in [-0.2, 0) is 0 Å². The highest BCUT2D eigenvalue weighted by atomic mass is 28.4. The summed E-state index contributed by atoms with van der Waals surface area (Å²) in [5, 5.41) is 0. The van der Waals surface area contributed by atoms with E-state index in [9.17, 15) is 0 Å². The number of hydrogen-bond acceptors (Lipinski definition) is 2. The molecule has 0 unspecified atom stereocenters. The quantitative estimate of drug-likeness (QED) is 0.550. The third-order valence-corrected chi connectivity index (χ3v) is 3.01. The van der Waals surface area contributed by atoms with Crippen LogP contribution in [0.5, 0.6) is 11.5 Å². The van der Waals surface area contributed by atoms with Crippen LogP contribution in [0.2, 0.25) is 13.1 Å². The lowest BCUT2D eigenvalue weighted by atomic mass is 10.3. The first-order valence-corrected chi connectivity index (χ1v) is 6.45. The smallest absolute Gasteiger partial charge is 0.454 e. The molecule has 2 heterocycles. The molecule has 0 spiro atoms. The molecule has 0 N–H and O–H groups in total. The Kier molecular flexibility index (Phi) is 1.23. The lowest BCUT2D eigenvalue weighted by Crippen LogP contribution is -2.40. The van der Waals surface area contributed by atoms with E-state index in [2.05, 4.69) is 0 Å². The first kappa shape index (κ1) is 6.73. The second-order valence-corrected chi connectivity index (χ2v) is 6.28. The zero-order valence-electron chi connectivity index (χ0n) is 6.63. The van der Waals surface area contributed by atoms with Gasteiger partial charge in [0.2, 0.25) is 0 Å². The van der Waals surface area contributed by atoms with Gasteiger partial charge in [0.1, 0.15) is 11.5 Å². The third kappa shape index (κ3) is 1.23. The van der Waals surface area contributed by atoms with E-state index in [4.69, 9.17) is 8.85 Å². The Balaban J connectivity index is 2.45. The summed E-state index contributed by atoms with van der Waals surface area (Å²) in [6, 6.07) is 7.77. The van der Waals surface area contributed by atoms with E-state index in [-0.39, 0.29) is 0 Å². The van der Waals surface area contributed by atoms with Crippen LogP contribution in [0, 0.1) is 0 Å². The molecule has 0 radical (unpaired) electrons. The van der Waals surface area contributed by atoms with Crippen molar-refractivity contribution >= 4 is 8.56 Å². The number of hydrogen-bond donors (Lipinski definition) is 0. The van der Waals surface area contributed by atoms with Gasteiger partial charge in [0.15, 0.2) is 0 Å². The van der Waals surface area contributed by atoms with Crippen molar-refractivity contribution in [1.29, 1.82) is 0 Å². The molecule has 3 rings (SSSR count). The van der Waals surface area contributed by atoms with Gasteiger partial charge < -0.3 is 8.85 Å². The van der Waals surface area contributed by atoms with Crippen LogP contribution in [0.15, 0.2) is 24.3 Å². The van der Waals surface area contributed by atoms with Gasteiger partial charge in [-0.15, -0.1) is 0 Å².